The highest BCUT2D eigenvalue weighted by Gasteiger charge is 2.32. The van der Waals surface area contributed by atoms with Crippen LogP contribution in [0.25, 0.3) is 32.3 Å². The molecule has 7 heteroatoms. The number of rotatable bonds is 7. The number of pyridine rings is 2. The molecule has 0 bridgehead atoms. The molecule has 0 unspecified atom stereocenters. The fourth-order valence-electron chi connectivity index (χ4n) is 4.58. The molecule has 0 aliphatic carbocycles. The van der Waals surface area contributed by atoms with Gasteiger partial charge in [-0.05, 0) is 37.1 Å². The number of hydrogen-bond donors (Lipinski definition) is 0. The van der Waals surface area contributed by atoms with Crippen LogP contribution >= 0.6 is 0 Å². The lowest BCUT2D eigenvalue weighted by Crippen LogP contribution is -2.33. The molecule has 32 heavy (non-hydrogen) atoms. The first kappa shape index (κ1) is 20.3. The largest absolute Gasteiger partial charge is 0.333 e. The summed E-state index contributed by atoms with van der Waals surface area (Å²) < 4.78 is 4.31. The van der Waals surface area contributed by atoms with Gasteiger partial charge in [-0.3, -0.25) is 9.59 Å². The minimum atomic E-state index is -0.530. The number of hydroxylamine groups is 2. The van der Waals surface area contributed by atoms with Gasteiger partial charge >= 0.3 is 5.97 Å². The third-order valence-electron chi connectivity index (χ3n) is 6.08. The number of carbonyl (C=O) groups excluding carboxylic acids is 3. The van der Waals surface area contributed by atoms with Gasteiger partial charge in [0.1, 0.15) is 13.6 Å². The van der Waals surface area contributed by atoms with E-state index in [9.17, 15) is 14.4 Å². The molecule has 3 heterocycles. The van der Waals surface area contributed by atoms with E-state index in [0.29, 0.717) is 11.5 Å². The van der Waals surface area contributed by atoms with Crippen LogP contribution in [0, 0.1) is 0 Å². The number of imide groups is 1. The predicted molar refractivity (Wildman–Crippen MR) is 117 cm³/mol. The van der Waals surface area contributed by atoms with E-state index in [1.807, 2.05) is 7.05 Å². The van der Waals surface area contributed by atoms with Crippen LogP contribution in [-0.4, -0.2) is 22.8 Å². The van der Waals surface area contributed by atoms with E-state index in [2.05, 4.69) is 58.2 Å². The van der Waals surface area contributed by atoms with Gasteiger partial charge in [0.25, 0.3) is 11.8 Å². The zero-order valence-electron chi connectivity index (χ0n) is 18.0. The van der Waals surface area contributed by atoms with Crippen LogP contribution < -0.4 is 9.13 Å². The van der Waals surface area contributed by atoms with Gasteiger partial charge in [0.2, 0.25) is 0 Å². The van der Waals surface area contributed by atoms with E-state index >= 15 is 0 Å². The molecule has 0 N–H and O–H groups in total. The Morgan fingerprint density at radius 1 is 0.844 bits per heavy atom. The molecule has 1 fully saturated rings. The van der Waals surface area contributed by atoms with Crippen molar-refractivity contribution in [2.75, 3.05) is 0 Å². The van der Waals surface area contributed by atoms with Gasteiger partial charge in [0, 0.05) is 58.0 Å². The number of nitrogens with zero attached hydrogens (tertiary/aromatic N) is 3. The molecule has 0 spiro atoms. The first-order valence-electron chi connectivity index (χ1n) is 11.0. The van der Waals surface area contributed by atoms with Crippen LogP contribution in [0.3, 0.4) is 0 Å². The molecular weight excluding hydrogens is 406 g/mol. The molecule has 0 radical (unpaired) electrons. The van der Waals surface area contributed by atoms with Crippen molar-refractivity contribution in [3.63, 3.8) is 0 Å². The van der Waals surface area contributed by atoms with E-state index in [0.717, 1.165) is 19.4 Å². The second kappa shape index (κ2) is 8.15. The summed E-state index contributed by atoms with van der Waals surface area (Å²) in [7, 11) is 2.05. The lowest BCUT2D eigenvalue weighted by molar-refractivity contribution is -0.695. The van der Waals surface area contributed by atoms with Crippen molar-refractivity contribution in [1.82, 2.24) is 5.06 Å². The van der Waals surface area contributed by atoms with Gasteiger partial charge in [-0.15, -0.1) is 5.06 Å². The standard InChI is InChI=1S/C25H25N3O4/c1-26-13-17-6-8-19-15-27(16-20-9-7-18(14-26)24(17)25(19)20)12-4-2-3-5-23(31)32-28-21(29)10-11-22(28)30/h6-9,13-16H,2-5,10-12H2,1H3/q+2. The van der Waals surface area contributed by atoms with Crippen LogP contribution in [0.1, 0.15) is 38.5 Å². The quantitative estimate of drug-likeness (QED) is 0.195. The van der Waals surface area contributed by atoms with E-state index in [-0.39, 0.29) is 19.3 Å². The normalized spacial score (nSPS) is 14.3. The topological polar surface area (TPSA) is 71.4 Å². The van der Waals surface area contributed by atoms with Gasteiger partial charge in [-0.2, -0.15) is 0 Å². The fraction of sp³-hybridized carbons (Fsp3) is 0.320. The Morgan fingerprint density at radius 2 is 1.38 bits per heavy atom. The monoisotopic (exact) mass is 431 g/mol. The second-order valence-electron chi connectivity index (χ2n) is 8.51. The van der Waals surface area contributed by atoms with Gasteiger partial charge < -0.3 is 4.84 Å². The summed E-state index contributed by atoms with van der Waals surface area (Å²) >= 11 is 0. The Bertz CT molecular complexity index is 1280. The zero-order valence-corrected chi connectivity index (χ0v) is 18.0. The Balaban J connectivity index is 1.21. The Labute approximate surface area is 185 Å². The molecule has 1 aliphatic heterocycles. The van der Waals surface area contributed by atoms with Crippen molar-refractivity contribution in [1.29, 1.82) is 0 Å². The third kappa shape index (κ3) is 3.75. The summed E-state index contributed by atoms with van der Waals surface area (Å²) in [6.07, 6.45) is 11.5. The van der Waals surface area contributed by atoms with Crippen molar-refractivity contribution in [2.45, 2.75) is 45.1 Å². The molecule has 1 aliphatic rings. The van der Waals surface area contributed by atoms with Crippen molar-refractivity contribution < 1.29 is 28.4 Å². The molecule has 0 atom stereocenters. The van der Waals surface area contributed by atoms with Crippen LogP contribution in [0.5, 0.6) is 0 Å². The van der Waals surface area contributed by atoms with Crippen molar-refractivity contribution in [3.8, 4) is 0 Å². The highest BCUT2D eigenvalue weighted by atomic mass is 16.7. The molecule has 2 amide bonds. The minimum Gasteiger partial charge on any atom is -0.330 e. The summed E-state index contributed by atoms with van der Waals surface area (Å²) in [6, 6.07) is 8.71. The van der Waals surface area contributed by atoms with Gasteiger partial charge in [0.05, 0.1) is 0 Å². The lowest BCUT2D eigenvalue weighted by Gasteiger charge is -2.12. The summed E-state index contributed by atoms with van der Waals surface area (Å²) in [4.78, 5) is 39.8. The van der Waals surface area contributed by atoms with Crippen LogP contribution in [-0.2, 0) is 32.8 Å². The summed E-state index contributed by atoms with van der Waals surface area (Å²) in [5.74, 6) is -1.41. The van der Waals surface area contributed by atoms with Crippen molar-refractivity contribution in [3.05, 3.63) is 49.1 Å². The number of aryl methyl sites for hydroxylation is 2. The fourth-order valence-corrected chi connectivity index (χ4v) is 4.58. The maximum atomic E-state index is 11.9. The molecular formula is C25H25N3O4+2. The maximum Gasteiger partial charge on any atom is 0.333 e. The summed E-state index contributed by atoms with van der Waals surface area (Å²) in [5, 5.41) is 8.14. The second-order valence-corrected chi connectivity index (χ2v) is 8.51. The smallest absolute Gasteiger partial charge is 0.330 e. The Morgan fingerprint density at radius 3 is 1.94 bits per heavy atom. The first-order valence-corrected chi connectivity index (χ1v) is 11.0. The molecule has 2 aromatic heterocycles. The summed E-state index contributed by atoms with van der Waals surface area (Å²) in [5.41, 5.74) is 0. The highest BCUT2D eigenvalue weighted by molar-refractivity contribution is 6.21. The lowest BCUT2D eigenvalue weighted by atomic mass is 9.97. The van der Waals surface area contributed by atoms with Crippen LogP contribution in [0.15, 0.2) is 49.1 Å². The third-order valence-corrected chi connectivity index (χ3v) is 6.08. The van der Waals surface area contributed by atoms with Gasteiger partial charge in [-0.1, -0.05) is 0 Å². The Hall–Kier alpha value is -3.61. The molecule has 1 saturated heterocycles. The molecule has 2 aromatic carbocycles. The number of hydrogen-bond acceptors (Lipinski definition) is 4. The van der Waals surface area contributed by atoms with E-state index < -0.39 is 17.8 Å². The highest BCUT2D eigenvalue weighted by Crippen LogP contribution is 2.32. The molecule has 5 rings (SSSR count). The SMILES string of the molecule is C[n+]1cc2ccc3c[n+](CCCCCC(=O)ON4C(=O)CCC4=O)cc4ccc(c1)c2c34. The van der Waals surface area contributed by atoms with Crippen LogP contribution in [0.4, 0.5) is 0 Å². The first-order chi connectivity index (χ1) is 15.5. The van der Waals surface area contributed by atoms with Gasteiger partial charge in [0.15, 0.2) is 24.8 Å². The molecule has 7 nitrogen and oxygen atoms in total. The number of unbranched alkanes of at least 4 members (excludes halogenated alkanes) is 2. The molecule has 0 saturated carbocycles. The van der Waals surface area contributed by atoms with E-state index in [1.165, 1.54) is 32.3 Å². The number of benzene rings is 2. The summed E-state index contributed by atoms with van der Waals surface area (Å²) in [6.45, 7) is 0.851. The molecule has 162 valence electrons. The van der Waals surface area contributed by atoms with Gasteiger partial charge in [-0.25, -0.2) is 13.9 Å². The van der Waals surface area contributed by atoms with E-state index in [4.69, 9.17) is 4.84 Å². The Kier molecular flexibility index (Phi) is 5.17. The molecule has 4 aromatic rings. The van der Waals surface area contributed by atoms with E-state index in [1.54, 1.807) is 0 Å². The average Bonchev–Trinajstić information content (AvgIpc) is 3.08. The number of aromatic nitrogens is 2. The average molecular weight is 431 g/mol. The minimum absolute atomic E-state index is 0.113. The zero-order chi connectivity index (χ0) is 22.2. The van der Waals surface area contributed by atoms with Crippen molar-refractivity contribution >= 4 is 50.1 Å². The predicted octanol–water partition coefficient (Wildman–Crippen LogP) is 2.86. The maximum absolute atomic E-state index is 11.9. The number of carbonyl (C=O) groups is 3. The van der Waals surface area contributed by atoms with Crippen LogP contribution in [0.2, 0.25) is 0 Å². The van der Waals surface area contributed by atoms with Crippen molar-refractivity contribution in [2.24, 2.45) is 7.05 Å². The number of amides is 2.